The predicted octanol–water partition coefficient (Wildman–Crippen LogP) is 0.964. The van der Waals surface area contributed by atoms with Crippen LogP contribution in [-0.4, -0.2) is 23.6 Å². The van der Waals surface area contributed by atoms with Gasteiger partial charge in [-0.2, -0.15) is 0 Å². The maximum absolute atomic E-state index is 11.5. The molecule has 0 aliphatic carbocycles. The molecule has 0 aliphatic heterocycles. The van der Waals surface area contributed by atoms with Crippen molar-refractivity contribution in [2.45, 2.75) is 31.9 Å². The highest BCUT2D eigenvalue weighted by Crippen LogP contribution is 2.10. The molecule has 4 nitrogen and oxygen atoms in total. The summed E-state index contributed by atoms with van der Waals surface area (Å²) in [5, 5.41) is 12.5. The first-order valence-corrected chi connectivity index (χ1v) is 5.91. The molecule has 2 atom stereocenters. The number of aliphatic hydroxyl groups excluding tert-OH is 1. The van der Waals surface area contributed by atoms with Gasteiger partial charge in [-0.1, -0.05) is 43.7 Å². The zero-order valence-corrected chi connectivity index (χ0v) is 10.1. The molecule has 1 amide bonds. The second-order valence-corrected chi connectivity index (χ2v) is 4.07. The third-order valence-corrected chi connectivity index (χ3v) is 2.59. The highest BCUT2D eigenvalue weighted by Gasteiger charge is 2.14. The van der Waals surface area contributed by atoms with Crippen LogP contribution in [0.1, 0.15) is 31.4 Å². The van der Waals surface area contributed by atoms with Crippen molar-refractivity contribution >= 4 is 5.91 Å². The molecule has 0 fully saturated rings. The van der Waals surface area contributed by atoms with Gasteiger partial charge < -0.3 is 16.2 Å². The van der Waals surface area contributed by atoms with Gasteiger partial charge in [-0.15, -0.1) is 0 Å². The molecule has 0 aromatic heterocycles. The minimum Gasteiger partial charge on any atom is -0.387 e. The summed E-state index contributed by atoms with van der Waals surface area (Å²) in [4.78, 5) is 11.5. The zero-order valence-electron chi connectivity index (χ0n) is 10.1. The number of carbonyl (C=O) groups is 1. The molecule has 4 N–H and O–H groups in total. The summed E-state index contributed by atoms with van der Waals surface area (Å²) >= 11 is 0. The lowest BCUT2D eigenvalue weighted by molar-refractivity contribution is -0.123. The van der Waals surface area contributed by atoms with E-state index in [4.69, 9.17) is 5.73 Å². The van der Waals surface area contributed by atoms with Crippen LogP contribution in [0.4, 0.5) is 0 Å². The van der Waals surface area contributed by atoms with Gasteiger partial charge in [-0.25, -0.2) is 0 Å². The Hall–Kier alpha value is -1.39. The molecule has 17 heavy (non-hydrogen) atoms. The van der Waals surface area contributed by atoms with Gasteiger partial charge in [0.15, 0.2) is 0 Å². The van der Waals surface area contributed by atoms with Crippen LogP contribution in [0, 0.1) is 0 Å². The summed E-state index contributed by atoms with van der Waals surface area (Å²) in [6, 6.07) is 8.74. The van der Waals surface area contributed by atoms with E-state index in [1.165, 1.54) is 0 Å². The van der Waals surface area contributed by atoms with Crippen molar-refractivity contribution in [2.24, 2.45) is 5.73 Å². The van der Waals surface area contributed by atoms with Crippen LogP contribution in [0.5, 0.6) is 0 Å². The lowest BCUT2D eigenvalue weighted by Gasteiger charge is -2.15. The van der Waals surface area contributed by atoms with Crippen LogP contribution in [0.25, 0.3) is 0 Å². The summed E-state index contributed by atoms with van der Waals surface area (Å²) in [7, 11) is 0. The Morgan fingerprint density at radius 1 is 1.41 bits per heavy atom. The van der Waals surface area contributed by atoms with Gasteiger partial charge in [-0.05, 0) is 12.0 Å². The summed E-state index contributed by atoms with van der Waals surface area (Å²) in [6.45, 7) is 2.17. The number of amides is 1. The molecule has 1 aromatic carbocycles. The fourth-order valence-corrected chi connectivity index (χ4v) is 1.56. The average Bonchev–Trinajstić information content (AvgIpc) is 2.36. The molecule has 1 unspecified atom stereocenters. The largest absolute Gasteiger partial charge is 0.387 e. The molecule has 0 saturated heterocycles. The van der Waals surface area contributed by atoms with Crippen molar-refractivity contribution in [3.63, 3.8) is 0 Å². The molecule has 0 spiro atoms. The Balaban J connectivity index is 2.38. The Morgan fingerprint density at radius 2 is 2.06 bits per heavy atom. The van der Waals surface area contributed by atoms with E-state index in [2.05, 4.69) is 5.32 Å². The highest BCUT2D eigenvalue weighted by atomic mass is 16.3. The zero-order chi connectivity index (χ0) is 12.7. The maximum Gasteiger partial charge on any atom is 0.237 e. The third-order valence-electron chi connectivity index (χ3n) is 2.59. The van der Waals surface area contributed by atoms with E-state index in [9.17, 15) is 9.90 Å². The first-order valence-electron chi connectivity index (χ1n) is 5.91. The van der Waals surface area contributed by atoms with E-state index in [0.29, 0.717) is 6.42 Å². The fraction of sp³-hybridized carbons (Fsp3) is 0.462. The van der Waals surface area contributed by atoms with Crippen LogP contribution >= 0.6 is 0 Å². The fourth-order valence-electron chi connectivity index (χ4n) is 1.56. The topological polar surface area (TPSA) is 75.4 Å². The Bertz CT molecular complexity index is 341. The number of nitrogens with two attached hydrogens (primary N) is 1. The van der Waals surface area contributed by atoms with E-state index in [-0.39, 0.29) is 12.5 Å². The van der Waals surface area contributed by atoms with Gasteiger partial charge in [0, 0.05) is 6.54 Å². The minimum absolute atomic E-state index is 0.195. The average molecular weight is 236 g/mol. The van der Waals surface area contributed by atoms with E-state index < -0.39 is 12.1 Å². The molecule has 0 bridgehead atoms. The number of hydrogen-bond acceptors (Lipinski definition) is 3. The number of hydrogen-bond donors (Lipinski definition) is 3. The SMILES string of the molecule is CCC[C@H](N)C(=O)NCC(O)c1ccccc1. The molecular weight excluding hydrogens is 216 g/mol. The second-order valence-electron chi connectivity index (χ2n) is 4.07. The molecule has 4 heteroatoms. The lowest BCUT2D eigenvalue weighted by atomic mass is 10.1. The molecule has 94 valence electrons. The van der Waals surface area contributed by atoms with Gasteiger partial charge in [-0.3, -0.25) is 4.79 Å². The van der Waals surface area contributed by atoms with Gasteiger partial charge in [0.25, 0.3) is 0 Å². The number of benzene rings is 1. The summed E-state index contributed by atoms with van der Waals surface area (Å²) in [5.74, 6) is -0.207. The Kier molecular flexibility index (Phi) is 5.66. The number of nitrogens with one attached hydrogen (secondary N) is 1. The van der Waals surface area contributed by atoms with E-state index in [0.717, 1.165) is 12.0 Å². The summed E-state index contributed by atoms with van der Waals surface area (Å²) < 4.78 is 0. The van der Waals surface area contributed by atoms with Gasteiger partial charge in [0.2, 0.25) is 5.91 Å². The molecule has 0 aliphatic rings. The van der Waals surface area contributed by atoms with Crippen molar-refractivity contribution in [3.8, 4) is 0 Å². The first kappa shape index (κ1) is 13.7. The highest BCUT2D eigenvalue weighted by molar-refractivity contribution is 5.81. The molecular formula is C13H20N2O2. The molecule has 0 heterocycles. The van der Waals surface area contributed by atoms with Gasteiger partial charge in [0.05, 0.1) is 12.1 Å². The number of carbonyl (C=O) groups excluding carboxylic acids is 1. The summed E-state index contributed by atoms with van der Waals surface area (Å²) in [6.07, 6.45) is 0.845. The molecule has 0 saturated carbocycles. The van der Waals surface area contributed by atoms with Gasteiger partial charge in [0.1, 0.15) is 0 Å². The van der Waals surface area contributed by atoms with Crippen LogP contribution in [-0.2, 0) is 4.79 Å². The lowest BCUT2D eigenvalue weighted by Crippen LogP contribution is -2.41. The van der Waals surface area contributed by atoms with Crippen LogP contribution in [0.3, 0.4) is 0 Å². The number of rotatable bonds is 6. The second kappa shape index (κ2) is 7.04. The normalized spacial score (nSPS) is 14.1. The van der Waals surface area contributed by atoms with E-state index in [1.54, 1.807) is 0 Å². The molecule has 1 aromatic rings. The van der Waals surface area contributed by atoms with Crippen LogP contribution < -0.4 is 11.1 Å². The Morgan fingerprint density at radius 3 is 2.65 bits per heavy atom. The van der Waals surface area contributed by atoms with E-state index >= 15 is 0 Å². The number of aliphatic hydroxyl groups is 1. The van der Waals surface area contributed by atoms with Crippen LogP contribution in [0.2, 0.25) is 0 Å². The monoisotopic (exact) mass is 236 g/mol. The molecule has 1 rings (SSSR count). The van der Waals surface area contributed by atoms with Crippen LogP contribution in [0.15, 0.2) is 30.3 Å². The van der Waals surface area contributed by atoms with Crippen molar-refractivity contribution in [1.82, 2.24) is 5.32 Å². The van der Waals surface area contributed by atoms with Crippen molar-refractivity contribution < 1.29 is 9.90 Å². The van der Waals surface area contributed by atoms with Crippen molar-refractivity contribution in [1.29, 1.82) is 0 Å². The van der Waals surface area contributed by atoms with Crippen molar-refractivity contribution in [3.05, 3.63) is 35.9 Å². The minimum atomic E-state index is -0.686. The quantitative estimate of drug-likeness (QED) is 0.688. The van der Waals surface area contributed by atoms with Gasteiger partial charge >= 0.3 is 0 Å². The predicted molar refractivity (Wildman–Crippen MR) is 67.3 cm³/mol. The third kappa shape index (κ3) is 4.54. The first-order chi connectivity index (χ1) is 8.15. The van der Waals surface area contributed by atoms with E-state index in [1.807, 2.05) is 37.3 Å². The molecule has 0 radical (unpaired) electrons. The Labute approximate surface area is 102 Å². The standard InChI is InChI=1S/C13H20N2O2/c1-2-6-11(14)13(17)15-9-12(16)10-7-4-3-5-8-10/h3-5,7-8,11-12,16H,2,6,9,14H2,1H3,(H,15,17)/t11-,12?/m0/s1. The van der Waals surface area contributed by atoms with Crippen molar-refractivity contribution in [2.75, 3.05) is 6.54 Å². The summed E-state index contributed by atoms with van der Waals surface area (Å²) in [5.41, 5.74) is 6.45. The maximum atomic E-state index is 11.5. The smallest absolute Gasteiger partial charge is 0.237 e.